The molecule has 1 heterocycles. The van der Waals surface area contributed by atoms with Crippen molar-refractivity contribution in [3.05, 3.63) is 21.8 Å². The van der Waals surface area contributed by atoms with E-state index in [1.54, 1.807) is 0 Å². The number of nitrogens with one attached hydrogen (secondary N) is 2. The molecule has 0 amide bonds. The number of rotatable bonds is 0. The minimum atomic E-state index is 0.685. The van der Waals surface area contributed by atoms with Gasteiger partial charge in [-0.1, -0.05) is 6.92 Å². The summed E-state index contributed by atoms with van der Waals surface area (Å²) in [4.78, 5) is 0. The van der Waals surface area contributed by atoms with Gasteiger partial charge in [0.05, 0.1) is 11.4 Å². The molecule has 0 aromatic heterocycles. The molecule has 1 atom stereocenters. The first-order valence-electron chi connectivity index (χ1n) is 4.53. The molecule has 2 N–H and O–H groups in total. The Kier molecular flexibility index (Phi) is 2.62. The first-order valence-corrected chi connectivity index (χ1v) is 5.61. The maximum atomic E-state index is 3.45. The topological polar surface area (TPSA) is 24.1 Å². The summed E-state index contributed by atoms with van der Waals surface area (Å²) in [5, 5.41) is 6.88. The predicted molar refractivity (Wildman–Crippen MR) is 65.3 cm³/mol. The SMILES string of the molecule is CC1CNc2ccc(I)cc2NC1. The molecular weight excluding hydrogens is 275 g/mol. The van der Waals surface area contributed by atoms with Gasteiger partial charge in [-0.3, -0.25) is 0 Å². The largest absolute Gasteiger partial charge is 0.383 e. The molecule has 0 fully saturated rings. The van der Waals surface area contributed by atoms with E-state index in [-0.39, 0.29) is 0 Å². The average Bonchev–Trinajstić information content (AvgIpc) is 2.29. The van der Waals surface area contributed by atoms with Gasteiger partial charge in [0, 0.05) is 16.7 Å². The normalized spacial score (nSPS) is 20.9. The van der Waals surface area contributed by atoms with Gasteiger partial charge in [-0.25, -0.2) is 0 Å². The van der Waals surface area contributed by atoms with Gasteiger partial charge in [-0.2, -0.15) is 0 Å². The second-order valence-corrected chi connectivity index (χ2v) is 4.80. The average molecular weight is 288 g/mol. The van der Waals surface area contributed by atoms with Crippen molar-refractivity contribution >= 4 is 34.0 Å². The number of benzene rings is 1. The van der Waals surface area contributed by atoms with Crippen LogP contribution in [-0.4, -0.2) is 13.1 Å². The third-order valence-electron chi connectivity index (χ3n) is 2.26. The molecule has 1 aromatic rings. The lowest BCUT2D eigenvalue weighted by Crippen LogP contribution is -2.14. The van der Waals surface area contributed by atoms with Gasteiger partial charge in [-0.15, -0.1) is 0 Å². The van der Waals surface area contributed by atoms with Crippen molar-refractivity contribution in [2.24, 2.45) is 5.92 Å². The fraction of sp³-hybridized carbons (Fsp3) is 0.400. The Hall–Kier alpha value is -0.450. The molecule has 0 saturated carbocycles. The van der Waals surface area contributed by atoms with Gasteiger partial charge < -0.3 is 10.6 Å². The van der Waals surface area contributed by atoms with E-state index in [1.807, 2.05) is 0 Å². The zero-order chi connectivity index (χ0) is 9.26. The summed E-state index contributed by atoms with van der Waals surface area (Å²) in [5.41, 5.74) is 2.46. The highest BCUT2D eigenvalue weighted by atomic mass is 127. The molecule has 0 aliphatic carbocycles. The van der Waals surface area contributed by atoms with E-state index >= 15 is 0 Å². The Morgan fingerprint density at radius 2 is 1.92 bits per heavy atom. The summed E-state index contributed by atoms with van der Waals surface area (Å²) < 4.78 is 1.28. The monoisotopic (exact) mass is 288 g/mol. The van der Waals surface area contributed by atoms with Crippen LogP contribution in [0.1, 0.15) is 6.92 Å². The third kappa shape index (κ3) is 2.07. The minimum Gasteiger partial charge on any atom is -0.383 e. The first-order chi connectivity index (χ1) is 6.25. The van der Waals surface area contributed by atoms with E-state index in [9.17, 15) is 0 Å². The molecule has 0 spiro atoms. The molecule has 13 heavy (non-hydrogen) atoms. The van der Waals surface area contributed by atoms with E-state index < -0.39 is 0 Å². The molecule has 3 heteroatoms. The Labute approximate surface area is 92.2 Å². The van der Waals surface area contributed by atoms with Crippen molar-refractivity contribution in [3.63, 3.8) is 0 Å². The molecule has 0 bridgehead atoms. The molecule has 1 aliphatic heterocycles. The van der Waals surface area contributed by atoms with Crippen molar-refractivity contribution in [1.29, 1.82) is 0 Å². The Morgan fingerprint density at radius 3 is 2.69 bits per heavy atom. The number of fused-ring (bicyclic) bond motifs is 1. The maximum Gasteiger partial charge on any atom is 0.0586 e. The van der Waals surface area contributed by atoms with Crippen LogP contribution in [0.4, 0.5) is 11.4 Å². The predicted octanol–water partition coefficient (Wildman–Crippen LogP) is 2.76. The Bertz CT molecular complexity index is 312. The van der Waals surface area contributed by atoms with Crippen molar-refractivity contribution in [2.75, 3.05) is 23.7 Å². The third-order valence-corrected chi connectivity index (χ3v) is 2.93. The van der Waals surface area contributed by atoms with Crippen LogP contribution in [-0.2, 0) is 0 Å². The summed E-state index contributed by atoms with van der Waals surface area (Å²) in [7, 11) is 0. The highest BCUT2D eigenvalue weighted by molar-refractivity contribution is 14.1. The summed E-state index contributed by atoms with van der Waals surface area (Å²) in [6, 6.07) is 6.45. The zero-order valence-corrected chi connectivity index (χ0v) is 9.76. The van der Waals surface area contributed by atoms with Gasteiger partial charge in [-0.05, 0) is 46.7 Å². The van der Waals surface area contributed by atoms with Gasteiger partial charge in [0.2, 0.25) is 0 Å². The van der Waals surface area contributed by atoms with Crippen LogP contribution in [0.15, 0.2) is 18.2 Å². The van der Waals surface area contributed by atoms with Crippen molar-refractivity contribution in [2.45, 2.75) is 6.92 Å². The number of hydrogen-bond acceptors (Lipinski definition) is 2. The summed E-state index contributed by atoms with van der Waals surface area (Å²) in [6.45, 7) is 4.36. The summed E-state index contributed by atoms with van der Waals surface area (Å²) in [5.74, 6) is 0.685. The van der Waals surface area contributed by atoms with Gasteiger partial charge >= 0.3 is 0 Å². The minimum absolute atomic E-state index is 0.685. The van der Waals surface area contributed by atoms with Crippen LogP contribution in [0.2, 0.25) is 0 Å². The molecule has 1 aliphatic rings. The van der Waals surface area contributed by atoms with Crippen molar-refractivity contribution in [1.82, 2.24) is 0 Å². The lowest BCUT2D eigenvalue weighted by atomic mass is 10.2. The van der Waals surface area contributed by atoms with Gasteiger partial charge in [0.15, 0.2) is 0 Å². The van der Waals surface area contributed by atoms with Crippen LogP contribution < -0.4 is 10.6 Å². The number of hydrogen-bond donors (Lipinski definition) is 2. The summed E-state index contributed by atoms with van der Waals surface area (Å²) in [6.07, 6.45) is 0. The second-order valence-electron chi connectivity index (χ2n) is 3.56. The smallest absolute Gasteiger partial charge is 0.0586 e. The number of anilines is 2. The zero-order valence-electron chi connectivity index (χ0n) is 7.60. The molecule has 0 saturated heterocycles. The first kappa shape index (κ1) is 9.12. The van der Waals surface area contributed by atoms with Crippen LogP contribution in [0.3, 0.4) is 0 Å². The lowest BCUT2D eigenvalue weighted by molar-refractivity contribution is 0.657. The van der Waals surface area contributed by atoms with Gasteiger partial charge in [0.25, 0.3) is 0 Å². The molecule has 70 valence electrons. The molecule has 1 aromatic carbocycles. The standard InChI is InChI=1S/C10H13IN2/c1-7-5-12-9-3-2-8(11)4-10(9)13-6-7/h2-4,7,12-13H,5-6H2,1H3. The number of halogens is 1. The quantitative estimate of drug-likeness (QED) is 0.717. The molecule has 2 nitrogen and oxygen atoms in total. The summed E-state index contributed by atoms with van der Waals surface area (Å²) >= 11 is 2.34. The van der Waals surface area contributed by atoms with E-state index in [0.29, 0.717) is 5.92 Å². The molecule has 1 unspecified atom stereocenters. The van der Waals surface area contributed by atoms with E-state index in [0.717, 1.165) is 13.1 Å². The van der Waals surface area contributed by atoms with Crippen LogP contribution >= 0.6 is 22.6 Å². The van der Waals surface area contributed by atoms with Gasteiger partial charge in [0.1, 0.15) is 0 Å². The maximum absolute atomic E-state index is 3.45. The fourth-order valence-electron chi connectivity index (χ4n) is 1.46. The Balaban J connectivity index is 2.30. The van der Waals surface area contributed by atoms with Crippen molar-refractivity contribution in [3.8, 4) is 0 Å². The van der Waals surface area contributed by atoms with Crippen LogP contribution in [0.25, 0.3) is 0 Å². The van der Waals surface area contributed by atoms with Crippen molar-refractivity contribution < 1.29 is 0 Å². The molecular formula is C10H13IN2. The highest BCUT2D eigenvalue weighted by Crippen LogP contribution is 2.26. The van der Waals surface area contributed by atoms with Crippen LogP contribution in [0.5, 0.6) is 0 Å². The molecule has 0 radical (unpaired) electrons. The highest BCUT2D eigenvalue weighted by Gasteiger charge is 2.10. The van der Waals surface area contributed by atoms with E-state index in [2.05, 4.69) is 58.3 Å². The molecule has 2 rings (SSSR count). The lowest BCUT2D eigenvalue weighted by Gasteiger charge is -2.07. The fourth-order valence-corrected chi connectivity index (χ4v) is 1.95. The second kappa shape index (κ2) is 3.74. The Morgan fingerprint density at radius 1 is 1.23 bits per heavy atom. The van der Waals surface area contributed by atoms with E-state index in [4.69, 9.17) is 0 Å². The van der Waals surface area contributed by atoms with E-state index in [1.165, 1.54) is 14.9 Å². The van der Waals surface area contributed by atoms with Crippen LogP contribution in [0, 0.1) is 9.49 Å².